The Morgan fingerprint density at radius 2 is 1.71 bits per heavy atom. The summed E-state index contributed by atoms with van der Waals surface area (Å²) >= 11 is 1.52. The molecule has 0 radical (unpaired) electrons. The summed E-state index contributed by atoms with van der Waals surface area (Å²) in [6, 6.07) is 0. The van der Waals surface area contributed by atoms with Crippen molar-refractivity contribution < 1.29 is 4.79 Å². The van der Waals surface area contributed by atoms with Gasteiger partial charge in [0.25, 0.3) is 0 Å². The minimum atomic E-state index is -0.117. The van der Waals surface area contributed by atoms with E-state index < -0.39 is 0 Å². The van der Waals surface area contributed by atoms with Crippen LogP contribution in [0.5, 0.6) is 0 Å². The molecule has 0 amide bonds. The lowest BCUT2D eigenvalue weighted by molar-refractivity contribution is -0.118. The average molecular weight is 216 g/mol. The number of hydrogen-bond acceptors (Lipinski definition) is 2. The van der Waals surface area contributed by atoms with Crippen molar-refractivity contribution in [3.8, 4) is 0 Å². The topological polar surface area (TPSA) is 17.1 Å². The van der Waals surface area contributed by atoms with Crippen molar-refractivity contribution >= 4 is 16.9 Å². The number of hydrogen-bond donors (Lipinski definition) is 0. The molecular weight excluding hydrogens is 192 g/mol. The van der Waals surface area contributed by atoms with Gasteiger partial charge in [-0.2, -0.15) is 0 Å². The van der Waals surface area contributed by atoms with E-state index in [1.165, 1.54) is 24.6 Å². The van der Waals surface area contributed by atoms with Crippen LogP contribution >= 0.6 is 11.8 Å². The van der Waals surface area contributed by atoms with Crippen LogP contribution in [0.2, 0.25) is 0 Å². The fourth-order valence-corrected chi connectivity index (χ4v) is 2.34. The molecule has 0 rings (SSSR count). The maximum absolute atomic E-state index is 11.8. The largest absolute Gasteiger partial charge is 0.287 e. The molecule has 0 fully saturated rings. The van der Waals surface area contributed by atoms with Gasteiger partial charge in [0, 0.05) is 11.2 Å². The van der Waals surface area contributed by atoms with Crippen LogP contribution in [0, 0.1) is 5.41 Å². The molecule has 84 valence electrons. The quantitative estimate of drug-likeness (QED) is 0.591. The highest BCUT2D eigenvalue weighted by Crippen LogP contribution is 2.30. The normalized spacial score (nSPS) is 11.7. The van der Waals surface area contributed by atoms with Gasteiger partial charge in [-0.3, -0.25) is 4.79 Å². The molecule has 0 aromatic carbocycles. The van der Waals surface area contributed by atoms with E-state index in [2.05, 4.69) is 27.7 Å². The van der Waals surface area contributed by atoms with Gasteiger partial charge in [-0.25, -0.2) is 0 Å². The van der Waals surface area contributed by atoms with Gasteiger partial charge in [-0.15, -0.1) is 0 Å². The first-order valence-corrected chi connectivity index (χ1v) is 6.70. The number of rotatable bonds is 7. The maximum atomic E-state index is 11.8. The van der Waals surface area contributed by atoms with E-state index in [1.54, 1.807) is 0 Å². The minimum Gasteiger partial charge on any atom is -0.287 e. The first-order chi connectivity index (χ1) is 6.54. The summed E-state index contributed by atoms with van der Waals surface area (Å²) in [5, 5.41) is 0.374. The lowest BCUT2D eigenvalue weighted by Gasteiger charge is -2.21. The summed E-state index contributed by atoms with van der Waals surface area (Å²) in [4.78, 5) is 11.8. The van der Waals surface area contributed by atoms with Crippen LogP contribution in [0.15, 0.2) is 0 Å². The van der Waals surface area contributed by atoms with E-state index in [0.717, 1.165) is 25.0 Å². The van der Waals surface area contributed by atoms with Crippen molar-refractivity contribution in [3.05, 3.63) is 0 Å². The third kappa shape index (κ3) is 5.69. The molecule has 0 bridgehead atoms. The summed E-state index contributed by atoms with van der Waals surface area (Å²) < 4.78 is 0. The van der Waals surface area contributed by atoms with Crippen molar-refractivity contribution in [2.75, 3.05) is 5.75 Å². The Morgan fingerprint density at radius 3 is 2.21 bits per heavy atom. The van der Waals surface area contributed by atoms with E-state index in [-0.39, 0.29) is 5.41 Å². The lowest BCUT2D eigenvalue weighted by Crippen LogP contribution is -2.21. The van der Waals surface area contributed by atoms with E-state index >= 15 is 0 Å². The SMILES string of the molecule is CCCCSC(=O)C(C)(C)CCCC. The van der Waals surface area contributed by atoms with Gasteiger partial charge in [-0.1, -0.05) is 58.7 Å². The summed E-state index contributed by atoms with van der Waals surface area (Å²) in [5.41, 5.74) is -0.117. The monoisotopic (exact) mass is 216 g/mol. The molecule has 0 atom stereocenters. The molecule has 0 aliphatic carbocycles. The molecule has 0 aliphatic heterocycles. The highest BCUT2D eigenvalue weighted by Gasteiger charge is 2.26. The molecule has 1 nitrogen and oxygen atoms in total. The van der Waals surface area contributed by atoms with Crippen molar-refractivity contribution in [1.29, 1.82) is 0 Å². The van der Waals surface area contributed by atoms with Gasteiger partial charge in [0.1, 0.15) is 0 Å². The highest BCUT2D eigenvalue weighted by atomic mass is 32.2. The van der Waals surface area contributed by atoms with Crippen LogP contribution in [-0.4, -0.2) is 10.9 Å². The van der Waals surface area contributed by atoms with Crippen molar-refractivity contribution in [2.45, 2.75) is 59.8 Å². The van der Waals surface area contributed by atoms with Crippen LogP contribution in [0.3, 0.4) is 0 Å². The van der Waals surface area contributed by atoms with Gasteiger partial charge in [-0.05, 0) is 12.8 Å². The second-order valence-corrected chi connectivity index (χ2v) is 5.54. The molecule has 0 N–H and O–H groups in total. The smallest absolute Gasteiger partial charge is 0.194 e. The van der Waals surface area contributed by atoms with E-state index in [4.69, 9.17) is 0 Å². The number of thioether (sulfide) groups is 1. The van der Waals surface area contributed by atoms with E-state index in [1.807, 2.05) is 0 Å². The van der Waals surface area contributed by atoms with Crippen LogP contribution in [0.25, 0.3) is 0 Å². The van der Waals surface area contributed by atoms with Gasteiger partial charge in [0.05, 0.1) is 0 Å². The van der Waals surface area contributed by atoms with Crippen LogP contribution in [-0.2, 0) is 4.79 Å². The summed E-state index contributed by atoms with van der Waals surface area (Å²) in [5.74, 6) is 0.991. The van der Waals surface area contributed by atoms with Gasteiger partial charge < -0.3 is 0 Å². The Hall–Kier alpha value is 0.0200. The summed E-state index contributed by atoms with van der Waals surface area (Å²) in [6.07, 6.45) is 5.70. The van der Waals surface area contributed by atoms with Crippen molar-refractivity contribution in [2.24, 2.45) is 5.41 Å². The van der Waals surface area contributed by atoms with E-state index in [0.29, 0.717) is 5.12 Å². The predicted molar refractivity (Wildman–Crippen MR) is 65.7 cm³/mol. The molecule has 0 aliphatic rings. The molecule has 0 spiro atoms. The zero-order valence-electron chi connectivity index (χ0n) is 10.1. The molecule has 2 heteroatoms. The Balaban J connectivity index is 3.82. The van der Waals surface area contributed by atoms with E-state index in [9.17, 15) is 4.79 Å². The van der Waals surface area contributed by atoms with Crippen LogP contribution in [0.4, 0.5) is 0 Å². The van der Waals surface area contributed by atoms with Gasteiger partial charge in [0.15, 0.2) is 5.12 Å². The fourth-order valence-electron chi connectivity index (χ4n) is 1.23. The Morgan fingerprint density at radius 1 is 1.14 bits per heavy atom. The Bertz CT molecular complexity index is 164. The zero-order valence-corrected chi connectivity index (χ0v) is 10.9. The second kappa shape index (κ2) is 7.33. The molecule has 0 aromatic rings. The minimum absolute atomic E-state index is 0.117. The number of carbonyl (C=O) groups excluding carboxylic acids is 1. The summed E-state index contributed by atoms with van der Waals surface area (Å²) in [6.45, 7) is 8.48. The number of unbranched alkanes of at least 4 members (excludes halogenated alkanes) is 2. The van der Waals surface area contributed by atoms with Crippen LogP contribution < -0.4 is 0 Å². The van der Waals surface area contributed by atoms with Crippen LogP contribution in [0.1, 0.15) is 59.8 Å². The molecular formula is C12H24OS. The molecule has 0 saturated heterocycles. The Kier molecular flexibility index (Phi) is 7.34. The molecule has 0 heterocycles. The molecule has 14 heavy (non-hydrogen) atoms. The third-order valence-corrected chi connectivity index (χ3v) is 3.75. The Labute approximate surface area is 93.0 Å². The third-order valence-electron chi connectivity index (χ3n) is 2.44. The van der Waals surface area contributed by atoms with Gasteiger partial charge >= 0.3 is 0 Å². The first-order valence-electron chi connectivity index (χ1n) is 5.71. The first kappa shape index (κ1) is 14.0. The average Bonchev–Trinajstić information content (AvgIpc) is 2.15. The zero-order chi connectivity index (χ0) is 11.0. The summed E-state index contributed by atoms with van der Waals surface area (Å²) in [7, 11) is 0. The molecule has 0 saturated carbocycles. The number of carbonyl (C=O) groups is 1. The fraction of sp³-hybridized carbons (Fsp3) is 0.917. The van der Waals surface area contributed by atoms with Crippen molar-refractivity contribution in [1.82, 2.24) is 0 Å². The standard InChI is InChI=1S/C12H24OS/c1-5-7-9-12(3,4)11(13)14-10-8-6-2/h5-10H2,1-4H3. The van der Waals surface area contributed by atoms with Crippen molar-refractivity contribution in [3.63, 3.8) is 0 Å². The lowest BCUT2D eigenvalue weighted by atomic mass is 9.89. The highest BCUT2D eigenvalue weighted by molar-refractivity contribution is 8.13. The second-order valence-electron chi connectivity index (χ2n) is 4.48. The molecule has 0 unspecified atom stereocenters. The maximum Gasteiger partial charge on any atom is 0.194 e. The van der Waals surface area contributed by atoms with Gasteiger partial charge in [0.2, 0.25) is 0 Å². The molecule has 0 aromatic heterocycles. The predicted octanol–water partition coefficient (Wildman–Crippen LogP) is 4.26.